The minimum atomic E-state index is -1.09. The zero-order valence-corrected chi connectivity index (χ0v) is 11.9. The number of nitrogens with one attached hydrogen (secondary N) is 2. The summed E-state index contributed by atoms with van der Waals surface area (Å²) in [6.45, 7) is 4.68. The van der Waals surface area contributed by atoms with Crippen molar-refractivity contribution in [3.63, 3.8) is 0 Å². The minimum absolute atomic E-state index is 0.0928. The lowest BCUT2D eigenvalue weighted by Gasteiger charge is -2.19. The number of nitrogens with zero attached hydrogens (tertiary/aromatic N) is 1. The van der Waals surface area contributed by atoms with Gasteiger partial charge in [0.1, 0.15) is 11.7 Å². The van der Waals surface area contributed by atoms with Crippen LogP contribution >= 0.6 is 0 Å². The van der Waals surface area contributed by atoms with E-state index in [0.717, 1.165) is 0 Å². The van der Waals surface area contributed by atoms with Gasteiger partial charge in [0.15, 0.2) is 0 Å². The molecular weight excluding hydrogens is 278 g/mol. The molecule has 8 nitrogen and oxygen atoms in total. The van der Waals surface area contributed by atoms with Crippen molar-refractivity contribution in [1.29, 1.82) is 0 Å². The molecule has 21 heavy (non-hydrogen) atoms. The average molecular weight is 295 g/mol. The van der Waals surface area contributed by atoms with Crippen molar-refractivity contribution in [1.82, 2.24) is 0 Å². The first-order valence-corrected chi connectivity index (χ1v) is 6.27. The van der Waals surface area contributed by atoms with Crippen molar-refractivity contribution in [2.75, 3.05) is 10.6 Å². The van der Waals surface area contributed by atoms with Gasteiger partial charge in [-0.1, -0.05) is 13.8 Å². The summed E-state index contributed by atoms with van der Waals surface area (Å²) < 4.78 is 0. The number of benzene rings is 1. The number of rotatable bonds is 6. The Morgan fingerprint density at radius 1 is 1.33 bits per heavy atom. The van der Waals surface area contributed by atoms with Crippen LogP contribution in [0.2, 0.25) is 0 Å². The van der Waals surface area contributed by atoms with E-state index in [-0.39, 0.29) is 28.9 Å². The minimum Gasteiger partial charge on any atom is -0.480 e. The average Bonchev–Trinajstić information content (AvgIpc) is 2.35. The number of nitro benzene ring substituents is 1. The summed E-state index contributed by atoms with van der Waals surface area (Å²) in [7, 11) is 0. The maximum Gasteiger partial charge on any atom is 0.326 e. The van der Waals surface area contributed by atoms with Crippen molar-refractivity contribution >= 4 is 28.9 Å². The van der Waals surface area contributed by atoms with Gasteiger partial charge < -0.3 is 15.7 Å². The Morgan fingerprint density at radius 2 is 1.95 bits per heavy atom. The summed E-state index contributed by atoms with van der Waals surface area (Å²) in [5, 5.41) is 25.3. The lowest BCUT2D eigenvalue weighted by molar-refractivity contribution is -0.383. The molecule has 1 rings (SSSR count). The van der Waals surface area contributed by atoms with E-state index < -0.39 is 16.9 Å². The van der Waals surface area contributed by atoms with Crippen LogP contribution in [0, 0.1) is 16.0 Å². The number of carbonyl (C=O) groups excluding carboxylic acids is 1. The van der Waals surface area contributed by atoms with Gasteiger partial charge in [-0.25, -0.2) is 4.79 Å². The molecule has 1 aromatic rings. The quantitative estimate of drug-likeness (QED) is 0.545. The topological polar surface area (TPSA) is 122 Å². The first-order valence-electron chi connectivity index (χ1n) is 6.27. The molecular formula is C13H17N3O5. The highest BCUT2D eigenvalue weighted by Crippen LogP contribution is 2.29. The number of hydrogen-bond donors (Lipinski definition) is 3. The maximum absolute atomic E-state index is 11.1. The Hall–Kier alpha value is -2.64. The summed E-state index contributed by atoms with van der Waals surface area (Å²) in [6.07, 6.45) is 0. The number of nitro groups is 1. The molecule has 0 aromatic heterocycles. The van der Waals surface area contributed by atoms with E-state index >= 15 is 0 Å². The predicted molar refractivity (Wildman–Crippen MR) is 77.3 cm³/mol. The molecule has 0 saturated heterocycles. The van der Waals surface area contributed by atoms with Crippen molar-refractivity contribution in [3.05, 3.63) is 28.3 Å². The number of carboxylic acids is 1. The molecule has 3 N–H and O–H groups in total. The summed E-state index contributed by atoms with van der Waals surface area (Å²) >= 11 is 0. The molecule has 0 spiro atoms. The predicted octanol–water partition coefficient (Wildman–Crippen LogP) is 2.07. The molecule has 0 bridgehead atoms. The number of carboxylic acid groups (broad SMARTS) is 1. The fraction of sp³-hybridized carbons (Fsp3) is 0.385. The van der Waals surface area contributed by atoms with Crippen LogP contribution in [-0.2, 0) is 9.59 Å². The largest absolute Gasteiger partial charge is 0.480 e. The normalized spacial score (nSPS) is 11.8. The summed E-state index contributed by atoms with van der Waals surface area (Å²) in [5.74, 6) is -1.70. The van der Waals surface area contributed by atoms with Crippen LogP contribution in [0.1, 0.15) is 20.8 Å². The Bertz CT molecular complexity index is 571. The fourth-order valence-corrected chi connectivity index (χ4v) is 1.77. The Labute approximate surface area is 121 Å². The zero-order valence-electron chi connectivity index (χ0n) is 11.9. The van der Waals surface area contributed by atoms with Gasteiger partial charge in [-0.3, -0.25) is 14.9 Å². The second-order valence-electron chi connectivity index (χ2n) is 4.87. The molecule has 0 aliphatic rings. The van der Waals surface area contributed by atoms with Gasteiger partial charge >= 0.3 is 5.97 Å². The van der Waals surface area contributed by atoms with Crippen molar-refractivity contribution < 1.29 is 19.6 Å². The van der Waals surface area contributed by atoms with Gasteiger partial charge in [0.2, 0.25) is 5.91 Å². The van der Waals surface area contributed by atoms with Crippen LogP contribution in [0.25, 0.3) is 0 Å². The standard InChI is InChI=1S/C13H17N3O5/c1-7(2)12(13(18)19)15-10-5-4-9(14-8(3)17)6-11(10)16(20)21/h4-7,12,15H,1-3H3,(H,14,17)(H,18,19)/t12-/m0/s1. The lowest BCUT2D eigenvalue weighted by atomic mass is 10.0. The highest BCUT2D eigenvalue weighted by atomic mass is 16.6. The number of hydrogen-bond acceptors (Lipinski definition) is 5. The van der Waals surface area contributed by atoms with E-state index in [1.54, 1.807) is 13.8 Å². The van der Waals surface area contributed by atoms with E-state index in [2.05, 4.69) is 10.6 Å². The molecule has 1 amide bonds. The lowest BCUT2D eigenvalue weighted by Crippen LogP contribution is -2.34. The number of aliphatic carboxylic acids is 1. The molecule has 0 heterocycles. The summed E-state index contributed by atoms with van der Waals surface area (Å²) in [5.41, 5.74) is 0.0690. The van der Waals surface area contributed by atoms with Crippen LogP contribution < -0.4 is 10.6 Å². The third kappa shape index (κ3) is 4.44. The van der Waals surface area contributed by atoms with Gasteiger partial charge in [-0.2, -0.15) is 0 Å². The zero-order chi connectivity index (χ0) is 16.2. The van der Waals surface area contributed by atoms with Gasteiger partial charge in [0.25, 0.3) is 5.69 Å². The van der Waals surface area contributed by atoms with Crippen LogP contribution in [0.4, 0.5) is 17.1 Å². The highest BCUT2D eigenvalue weighted by molar-refractivity contribution is 5.90. The smallest absolute Gasteiger partial charge is 0.326 e. The van der Waals surface area contributed by atoms with Crippen molar-refractivity contribution in [2.24, 2.45) is 5.92 Å². The van der Waals surface area contributed by atoms with Crippen LogP contribution in [0.5, 0.6) is 0 Å². The van der Waals surface area contributed by atoms with Crippen LogP contribution in [-0.4, -0.2) is 27.9 Å². The van der Waals surface area contributed by atoms with Crippen LogP contribution in [0.15, 0.2) is 18.2 Å². The molecule has 1 atom stereocenters. The Morgan fingerprint density at radius 3 is 2.38 bits per heavy atom. The van der Waals surface area contributed by atoms with Gasteiger partial charge in [-0.05, 0) is 18.1 Å². The number of amides is 1. The first kappa shape index (κ1) is 16.4. The van der Waals surface area contributed by atoms with E-state index in [9.17, 15) is 19.7 Å². The fourth-order valence-electron chi connectivity index (χ4n) is 1.77. The summed E-state index contributed by atoms with van der Waals surface area (Å²) in [4.78, 5) is 32.6. The Kier molecular flexibility index (Phi) is 5.23. The molecule has 1 aromatic carbocycles. The third-order valence-corrected chi connectivity index (χ3v) is 2.76. The van der Waals surface area contributed by atoms with E-state index in [1.165, 1.54) is 25.1 Å². The monoisotopic (exact) mass is 295 g/mol. The van der Waals surface area contributed by atoms with Crippen molar-refractivity contribution in [2.45, 2.75) is 26.8 Å². The van der Waals surface area contributed by atoms with E-state index in [4.69, 9.17) is 5.11 Å². The van der Waals surface area contributed by atoms with Crippen molar-refractivity contribution in [3.8, 4) is 0 Å². The second-order valence-corrected chi connectivity index (χ2v) is 4.87. The highest BCUT2D eigenvalue weighted by Gasteiger charge is 2.25. The number of anilines is 2. The Balaban J connectivity index is 3.14. The third-order valence-electron chi connectivity index (χ3n) is 2.76. The molecule has 0 unspecified atom stereocenters. The molecule has 114 valence electrons. The molecule has 8 heteroatoms. The van der Waals surface area contributed by atoms with E-state index in [1.807, 2.05) is 0 Å². The first-order chi connectivity index (χ1) is 9.72. The van der Waals surface area contributed by atoms with Crippen LogP contribution in [0.3, 0.4) is 0 Å². The molecule has 0 radical (unpaired) electrons. The van der Waals surface area contributed by atoms with Gasteiger partial charge in [0.05, 0.1) is 4.92 Å². The molecule has 0 aliphatic heterocycles. The molecule has 0 fully saturated rings. The second kappa shape index (κ2) is 6.69. The molecule has 0 aliphatic carbocycles. The molecule has 0 saturated carbocycles. The van der Waals surface area contributed by atoms with E-state index in [0.29, 0.717) is 0 Å². The summed E-state index contributed by atoms with van der Waals surface area (Å²) in [6, 6.07) is 3.08. The van der Waals surface area contributed by atoms with Gasteiger partial charge in [-0.15, -0.1) is 0 Å². The van der Waals surface area contributed by atoms with Gasteiger partial charge in [0, 0.05) is 18.7 Å². The SMILES string of the molecule is CC(=O)Nc1ccc(N[C@H](C(=O)O)C(C)C)c([N+](=O)[O-])c1. The number of carbonyl (C=O) groups is 2. The maximum atomic E-state index is 11.1.